The van der Waals surface area contributed by atoms with Crippen molar-refractivity contribution in [2.24, 2.45) is 0 Å². The van der Waals surface area contributed by atoms with E-state index >= 15 is 0 Å². The number of hydrogen-bond acceptors (Lipinski definition) is 5. The second kappa shape index (κ2) is 13.3. The highest BCUT2D eigenvalue weighted by Crippen LogP contribution is 2.53. The molecule has 1 aliphatic carbocycles. The van der Waals surface area contributed by atoms with Gasteiger partial charge in [0.2, 0.25) is 11.8 Å². The average molecular weight is 665 g/mol. The molecule has 8 nitrogen and oxygen atoms in total. The number of rotatable bonds is 8. The summed E-state index contributed by atoms with van der Waals surface area (Å²) in [5, 5.41) is 5.13. The van der Waals surface area contributed by atoms with Crippen LogP contribution in [0.15, 0.2) is 61.2 Å². The van der Waals surface area contributed by atoms with Crippen molar-refractivity contribution in [3.05, 3.63) is 101 Å². The Morgan fingerprint density at radius 3 is 2.44 bits per heavy atom. The fourth-order valence-corrected chi connectivity index (χ4v) is 7.45. The van der Waals surface area contributed by atoms with E-state index in [-0.39, 0.29) is 41.5 Å². The summed E-state index contributed by atoms with van der Waals surface area (Å²) in [4.78, 5) is 42.2. The Labute approximate surface area is 275 Å². The van der Waals surface area contributed by atoms with Crippen molar-refractivity contribution in [1.29, 1.82) is 0 Å². The first-order valence-corrected chi connectivity index (χ1v) is 15.9. The average Bonchev–Trinajstić information content (AvgIpc) is 3.36. The van der Waals surface area contributed by atoms with Crippen LogP contribution in [-0.2, 0) is 26.2 Å². The second-order valence-corrected chi connectivity index (χ2v) is 12.6. The van der Waals surface area contributed by atoms with Crippen LogP contribution < -0.4 is 25.2 Å². The monoisotopic (exact) mass is 664 g/mol. The zero-order valence-electron chi connectivity index (χ0n) is 26.5. The van der Waals surface area contributed by atoms with Gasteiger partial charge in [0, 0.05) is 44.7 Å². The van der Waals surface area contributed by atoms with Gasteiger partial charge >= 0.3 is 0 Å². The third-order valence-electron chi connectivity index (χ3n) is 9.81. The Balaban J connectivity index is 1.16. The molecule has 12 heteroatoms. The molecule has 3 aromatic rings. The summed E-state index contributed by atoms with van der Waals surface area (Å²) in [6, 6.07) is 10.9. The van der Waals surface area contributed by atoms with Crippen LogP contribution >= 0.6 is 0 Å². The molecule has 0 saturated carbocycles. The van der Waals surface area contributed by atoms with Crippen LogP contribution in [0, 0.1) is 23.3 Å². The van der Waals surface area contributed by atoms with E-state index in [1.54, 1.807) is 17.0 Å². The molecule has 1 spiro atoms. The van der Waals surface area contributed by atoms with Crippen LogP contribution in [0.25, 0.3) is 0 Å². The number of likely N-dealkylation sites (N-methyl/N-ethyl adjacent to an activating group) is 1. The quantitative estimate of drug-likeness (QED) is 0.200. The molecule has 252 valence electrons. The Morgan fingerprint density at radius 1 is 1.02 bits per heavy atom. The zero-order valence-corrected chi connectivity index (χ0v) is 26.5. The van der Waals surface area contributed by atoms with Gasteiger partial charge in [-0.1, -0.05) is 12.6 Å². The molecule has 0 radical (unpaired) electrons. The third kappa shape index (κ3) is 6.35. The fraction of sp³-hybridized carbons (Fsp3) is 0.361. The predicted octanol–water partition coefficient (Wildman–Crippen LogP) is 5.04. The molecule has 1 saturated heterocycles. The van der Waals surface area contributed by atoms with E-state index in [0.29, 0.717) is 56.9 Å². The minimum atomic E-state index is -1.61. The highest BCUT2D eigenvalue weighted by molar-refractivity contribution is 6.02. The summed E-state index contributed by atoms with van der Waals surface area (Å²) in [6.45, 7) is 5.76. The first kappa shape index (κ1) is 33.0. The molecule has 3 aliphatic rings. The van der Waals surface area contributed by atoms with E-state index in [9.17, 15) is 31.9 Å². The van der Waals surface area contributed by atoms with Crippen LogP contribution in [0.1, 0.15) is 48.3 Å². The van der Waals surface area contributed by atoms with E-state index in [1.165, 1.54) is 19.2 Å². The summed E-state index contributed by atoms with van der Waals surface area (Å²) < 4.78 is 61.7. The molecule has 2 aliphatic heterocycles. The number of carbonyl (C=O) groups excluding carboxylic acids is 3. The molecule has 0 aromatic heterocycles. The molecule has 1 unspecified atom stereocenters. The summed E-state index contributed by atoms with van der Waals surface area (Å²) in [5.74, 6) is -5.56. The molecule has 6 rings (SSSR count). The summed E-state index contributed by atoms with van der Waals surface area (Å²) in [5.41, 5.74) is 3.06. The molecule has 2 heterocycles. The lowest BCUT2D eigenvalue weighted by Gasteiger charge is -2.42. The van der Waals surface area contributed by atoms with Crippen molar-refractivity contribution < 1.29 is 36.7 Å². The van der Waals surface area contributed by atoms with E-state index in [0.717, 1.165) is 28.9 Å². The topological polar surface area (TPSA) is 91.0 Å². The van der Waals surface area contributed by atoms with Gasteiger partial charge in [-0.3, -0.25) is 14.4 Å². The third-order valence-corrected chi connectivity index (χ3v) is 9.81. The number of nitrogens with zero attached hydrogens (tertiary/aromatic N) is 2. The van der Waals surface area contributed by atoms with Crippen LogP contribution in [0.2, 0.25) is 0 Å². The standard InChI is InChI=1S/C36H36F4N4O4/c1-3-33(46)44-12-13-48-31-19-24(5-7-30(31)44)43-10-8-36(9-11-43)20-22(25-6-4-23(37)18-26(25)36)17-32(45)42-29(35(47)41-2)16-21-14-27(38)34(40)28(39)15-21/h3-7,14-15,18-19,22,29H,1,8-13,16-17,20H2,2H3,(H,41,47)(H,42,45)/t22?,29-/m1/s1. The largest absolute Gasteiger partial charge is 0.489 e. The predicted molar refractivity (Wildman–Crippen MR) is 172 cm³/mol. The van der Waals surface area contributed by atoms with E-state index in [1.807, 2.05) is 18.2 Å². The van der Waals surface area contributed by atoms with Crippen molar-refractivity contribution >= 4 is 29.1 Å². The zero-order chi connectivity index (χ0) is 34.2. The number of nitrogens with one attached hydrogen (secondary N) is 2. The van der Waals surface area contributed by atoms with E-state index < -0.39 is 35.3 Å². The molecule has 0 bridgehead atoms. The number of amides is 3. The Morgan fingerprint density at radius 2 is 1.75 bits per heavy atom. The van der Waals surface area contributed by atoms with Gasteiger partial charge in [-0.2, -0.15) is 0 Å². The number of hydrogen-bond donors (Lipinski definition) is 2. The second-order valence-electron chi connectivity index (χ2n) is 12.6. The van der Waals surface area contributed by atoms with Gasteiger partial charge in [-0.15, -0.1) is 0 Å². The number of halogens is 4. The minimum absolute atomic E-state index is 0.0146. The number of fused-ring (bicyclic) bond motifs is 3. The minimum Gasteiger partial charge on any atom is -0.489 e. The van der Waals surface area contributed by atoms with E-state index in [2.05, 4.69) is 22.1 Å². The van der Waals surface area contributed by atoms with Crippen molar-refractivity contribution in [2.75, 3.05) is 43.1 Å². The first-order chi connectivity index (χ1) is 23.0. The molecule has 3 aromatic carbocycles. The molecular weight excluding hydrogens is 628 g/mol. The maximum atomic E-state index is 14.6. The van der Waals surface area contributed by atoms with Gasteiger partial charge in [0.1, 0.15) is 24.2 Å². The Hall–Kier alpha value is -4.87. The van der Waals surface area contributed by atoms with E-state index in [4.69, 9.17) is 4.74 Å². The lowest BCUT2D eigenvalue weighted by Crippen LogP contribution is -2.47. The SMILES string of the molecule is C=CC(=O)N1CCOc2cc(N3CCC4(CC3)CC(CC(=O)N[C@H](Cc3cc(F)c(F)c(F)c3)C(=O)NC)c3ccc(F)cc34)ccc21. The highest BCUT2D eigenvalue weighted by Gasteiger charge is 2.46. The van der Waals surface area contributed by atoms with Crippen molar-refractivity contribution in [3.63, 3.8) is 0 Å². The van der Waals surface area contributed by atoms with Gasteiger partial charge in [-0.05, 0) is 89.8 Å². The van der Waals surface area contributed by atoms with Crippen molar-refractivity contribution in [1.82, 2.24) is 10.6 Å². The maximum Gasteiger partial charge on any atom is 0.250 e. The fourth-order valence-electron chi connectivity index (χ4n) is 7.45. The maximum absolute atomic E-state index is 14.6. The highest BCUT2D eigenvalue weighted by atomic mass is 19.2. The number of piperidine rings is 1. The van der Waals surface area contributed by atoms with Crippen LogP contribution in [0.5, 0.6) is 5.75 Å². The summed E-state index contributed by atoms with van der Waals surface area (Å²) >= 11 is 0. The smallest absolute Gasteiger partial charge is 0.250 e. The molecule has 1 fully saturated rings. The van der Waals surface area contributed by atoms with Gasteiger partial charge in [0.05, 0.1) is 12.2 Å². The molecular formula is C36H36F4N4O4. The molecule has 2 N–H and O–H groups in total. The van der Waals surface area contributed by atoms with Gasteiger partial charge in [0.15, 0.2) is 17.5 Å². The van der Waals surface area contributed by atoms with Gasteiger partial charge in [-0.25, -0.2) is 17.6 Å². The lowest BCUT2D eigenvalue weighted by atomic mass is 9.73. The van der Waals surface area contributed by atoms with Crippen LogP contribution in [0.4, 0.5) is 28.9 Å². The number of anilines is 2. The first-order valence-electron chi connectivity index (χ1n) is 15.9. The van der Waals surface area contributed by atoms with Crippen molar-refractivity contribution in [2.45, 2.75) is 49.5 Å². The Bertz CT molecular complexity index is 1750. The molecule has 48 heavy (non-hydrogen) atoms. The van der Waals surface area contributed by atoms with Gasteiger partial charge < -0.3 is 25.2 Å². The number of ether oxygens (including phenoxy) is 1. The Kier molecular flexibility index (Phi) is 9.18. The number of carbonyl (C=O) groups is 3. The summed E-state index contributed by atoms with van der Waals surface area (Å²) in [6.07, 6.45) is 3.09. The van der Waals surface area contributed by atoms with Gasteiger partial charge in [0.25, 0.3) is 5.91 Å². The normalized spacial score (nSPS) is 18.4. The lowest BCUT2D eigenvalue weighted by molar-refractivity contribution is -0.128. The van der Waals surface area contributed by atoms with Crippen LogP contribution in [0.3, 0.4) is 0 Å². The molecule has 2 atom stereocenters. The number of benzene rings is 3. The summed E-state index contributed by atoms with van der Waals surface area (Å²) in [7, 11) is 1.38. The van der Waals surface area contributed by atoms with Crippen molar-refractivity contribution in [3.8, 4) is 5.75 Å². The molecule has 3 amide bonds. The van der Waals surface area contributed by atoms with Crippen LogP contribution in [-0.4, -0.2) is 57.1 Å².